The van der Waals surface area contributed by atoms with Crippen LogP contribution in [0.1, 0.15) is 40.9 Å². The van der Waals surface area contributed by atoms with Crippen LogP contribution in [0.4, 0.5) is 0 Å². The third-order valence-electron chi connectivity index (χ3n) is 2.94. The lowest BCUT2D eigenvalue weighted by atomic mass is 9.80. The number of aromatic nitrogens is 1. The maximum absolute atomic E-state index is 11.7. The van der Waals surface area contributed by atoms with Crippen LogP contribution in [0.3, 0.4) is 0 Å². The number of hydrogen-bond acceptors (Lipinski definition) is 4. The summed E-state index contributed by atoms with van der Waals surface area (Å²) in [4.78, 5) is 16.5. The Balaban J connectivity index is 1.87. The number of nitrogens with zero attached hydrogens (tertiary/aromatic N) is 1. The van der Waals surface area contributed by atoms with Gasteiger partial charge in [0.1, 0.15) is 4.88 Å². The molecule has 1 saturated carbocycles. The first-order valence-electron chi connectivity index (χ1n) is 5.58. The summed E-state index contributed by atoms with van der Waals surface area (Å²) in [5.74, 6) is -0.127. The fraction of sp³-hybridized carbons (Fsp3) is 0.636. The predicted molar refractivity (Wildman–Crippen MR) is 62.6 cm³/mol. The Bertz CT molecular complexity index is 385. The Kier molecular flexibility index (Phi) is 3.25. The van der Waals surface area contributed by atoms with E-state index in [4.69, 9.17) is 0 Å². The smallest absolute Gasteiger partial charge is 0.263 e. The first-order valence-corrected chi connectivity index (χ1v) is 6.40. The topological polar surface area (TPSA) is 62.2 Å². The molecule has 4 nitrogen and oxygen atoms in total. The zero-order valence-corrected chi connectivity index (χ0v) is 10.1. The van der Waals surface area contributed by atoms with Gasteiger partial charge in [-0.05, 0) is 25.7 Å². The molecule has 1 amide bonds. The minimum absolute atomic E-state index is 0.127. The summed E-state index contributed by atoms with van der Waals surface area (Å²) in [5.41, 5.74) is -0.659. The van der Waals surface area contributed by atoms with E-state index in [1.54, 1.807) is 6.20 Å². The van der Waals surface area contributed by atoms with Crippen LogP contribution in [0.2, 0.25) is 0 Å². The van der Waals surface area contributed by atoms with Crippen molar-refractivity contribution < 1.29 is 9.90 Å². The predicted octanol–water partition coefficient (Wildman–Crippen LogP) is 1.35. The van der Waals surface area contributed by atoms with Gasteiger partial charge in [0.25, 0.3) is 5.91 Å². The van der Waals surface area contributed by atoms with Crippen LogP contribution in [0.25, 0.3) is 0 Å². The van der Waals surface area contributed by atoms with Crippen molar-refractivity contribution in [3.63, 3.8) is 0 Å². The summed E-state index contributed by atoms with van der Waals surface area (Å²) in [6, 6.07) is 0. The van der Waals surface area contributed by atoms with Crippen molar-refractivity contribution >= 4 is 17.2 Å². The summed E-state index contributed by atoms with van der Waals surface area (Å²) in [7, 11) is 0. The average Bonchev–Trinajstić information content (AvgIpc) is 2.71. The van der Waals surface area contributed by atoms with Crippen molar-refractivity contribution in [3.05, 3.63) is 16.1 Å². The van der Waals surface area contributed by atoms with Crippen LogP contribution in [0, 0.1) is 0 Å². The van der Waals surface area contributed by atoms with Gasteiger partial charge in [0, 0.05) is 6.54 Å². The number of carbonyl (C=O) groups excluding carboxylic acids is 1. The zero-order chi connectivity index (χ0) is 11.6. The molecule has 0 aliphatic heterocycles. The van der Waals surface area contributed by atoms with E-state index < -0.39 is 5.60 Å². The highest BCUT2D eigenvalue weighted by Gasteiger charge is 2.34. The Labute approximate surface area is 98.7 Å². The molecule has 2 rings (SSSR count). The molecular weight excluding hydrogens is 224 g/mol. The van der Waals surface area contributed by atoms with Crippen LogP contribution < -0.4 is 5.32 Å². The van der Waals surface area contributed by atoms with E-state index in [2.05, 4.69) is 10.3 Å². The molecule has 5 heteroatoms. The van der Waals surface area contributed by atoms with Crippen molar-refractivity contribution in [1.82, 2.24) is 10.3 Å². The molecule has 88 valence electrons. The van der Waals surface area contributed by atoms with Gasteiger partial charge >= 0.3 is 0 Å². The summed E-state index contributed by atoms with van der Waals surface area (Å²) in [6.07, 6.45) is 5.07. The van der Waals surface area contributed by atoms with E-state index in [1.807, 2.05) is 6.92 Å². The largest absolute Gasteiger partial charge is 0.388 e. The van der Waals surface area contributed by atoms with Gasteiger partial charge in [0.15, 0.2) is 0 Å². The van der Waals surface area contributed by atoms with E-state index in [0.717, 1.165) is 30.7 Å². The van der Waals surface area contributed by atoms with E-state index in [9.17, 15) is 9.90 Å². The van der Waals surface area contributed by atoms with Crippen LogP contribution in [0.5, 0.6) is 0 Å². The van der Waals surface area contributed by atoms with Crippen LogP contribution >= 0.6 is 11.3 Å². The quantitative estimate of drug-likeness (QED) is 0.835. The van der Waals surface area contributed by atoms with Gasteiger partial charge in [-0.25, -0.2) is 4.98 Å². The zero-order valence-electron chi connectivity index (χ0n) is 9.32. The van der Waals surface area contributed by atoms with Gasteiger partial charge in [-0.1, -0.05) is 6.92 Å². The van der Waals surface area contributed by atoms with Crippen LogP contribution in [-0.2, 0) is 6.42 Å². The molecule has 0 aromatic carbocycles. The molecule has 1 aromatic rings. The molecular formula is C11H16N2O2S. The van der Waals surface area contributed by atoms with Crippen LogP contribution in [0.15, 0.2) is 6.20 Å². The number of hydrogen-bond donors (Lipinski definition) is 2. The molecule has 1 heterocycles. The number of amides is 1. The second kappa shape index (κ2) is 4.51. The van der Waals surface area contributed by atoms with Crippen molar-refractivity contribution in [1.29, 1.82) is 0 Å². The average molecular weight is 240 g/mol. The van der Waals surface area contributed by atoms with Gasteiger partial charge in [-0.15, -0.1) is 11.3 Å². The SMILES string of the molecule is CCc1ncc(C(=O)NCC2(O)CCC2)s1. The molecule has 1 aliphatic carbocycles. The summed E-state index contributed by atoms with van der Waals surface area (Å²) >= 11 is 1.41. The summed E-state index contributed by atoms with van der Waals surface area (Å²) < 4.78 is 0. The minimum Gasteiger partial charge on any atom is -0.388 e. The maximum atomic E-state index is 11.7. The number of nitrogens with one attached hydrogen (secondary N) is 1. The highest BCUT2D eigenvalue weighted by atomic mass is 32.1. The molecule has 0 radical (unpaired) electrons. The molecule has 0 bridgehead atoms. The second-order valence-electron chi connectivity index (χ2n) is 4.23. The van der Waals surface area contributed by atoms with Gasteiger partial charge in [-0.3, -0.25) is 4.79 Å². The number of rotatable bonds is 4. The highest BCUT2D eigenvalue weighted by Crippen LogP contribution is 2.30. The van der Waals surface area contributed by atoms with E-state index in [1.165, 1.54) is 11.3 Å². The van der Waals surface area contributed by atoms with E-state index in [-0.39, 0.29) is 5.91 Å². The van der Waals surface area contributed by atoms with Gasteiger partial charge in [-0.2, -0.15) is 0 Å². The first kappa shape index (κ1) is 11.5. The monoisotopic (exact) mass is 240 g/mol. The molecule has 1 fully saturated rings. The van der Waals surface area contributed by atoms with Crippen molar-refractivity contribution in [3.8, 4) is 0 Å². The molecule has 2 N–H and O–H groups in total. The standard InChI is InChI=1S/C11H16N2O2S/c1-2-9-12-6-8(16-9)10(14)13-7-11(15)4-3-5-11/h6,15H,2-5,7H2,1H3,(H,13,14). The lowest BCUT2D eigenvalue weighted by molar-refractivity contribution is -0.0300. The number of carbonyl (C=O) groups is 1. The molecule has 0 atom stereocenters. The van der Waals surface area contributed by atoms with Crippen molar-refractivity contribution in [2.45, 2.75) is 38.2 Å². The summed E-state index contributed by atoms with van der Waals surface area (Å²) in [6.45, 7) is 2.36. The lowest BCUT2D eigenvalue weighted by Crippen LogP contribution is -2.47. The Hall–Kier alpha value is -0.940. The van der Waals surface area contributed by atoms with Crippen molar-refractivity contribution in [2.24, 2.45) is 0 Å². The molecule has 16 heavy (non-hydrogen) atoms. The molecule has 0 unspecified atom stereocenters. The van der Waals surface area contributed by atoms with Gasteiger partial charge in [0.2, 0.25) is 0 Å². The fourth-order valence-corrected chi connectivity index (χ4v) is 2.45. The lowest BCUT2D eigenvalue weighted by Gasteiger charge is -2.36. The fourth-order valence-electron chi connectivity index (χ4n) is 1.67. The molecule has 1 aliphatic rings. The van der Waals surface area contributed by atoms with E-state index in [0.29, 0.717) is 11.4 Å². The normalized spacial score (nSPS) is 17.9. The Morgan fingerprint density at radius 3 is 2.94 bits per heavy atom. The second-order valence-corrected chi connectivity index (χ2v) is 5.35. The maximum Gasteiger partial charge on any atom is 0.263 e. The third-order valence-corrected chi connectivity index (χ3v) is 4.08. The van der Waals surface area contributed by atoms with Crippen LogP contribution in [-0.4, -0.2) is 28.1 Å². The number of thiazole rings is 1. The number of aliphatic hydroxyl groups is 1. The van der Waals surface area contributed by atoms with Gasteiger partial charge < -0.3 is 10.4 Å². The number of aryl methyl sites for hydroxylation is 1. The Morgan fingerprint density at radius 1 is 1.69 bits per heavy atom. The Morgan fingerprint density at radius 2 is 2.44 bits per heavy atom. The minimum atomic E-state index is -0.659. The molecule has 0 spiro atoms. The third kappa shape index (κ3) is 2.41. The highest BCUT2D eigenvalue weighted by molar-refractivity contribution is 7.13. The van der Waals surface area contributed by atoms with E-state index >= 15 is 0 Å². The summed E-state index contributed by atoms with van der Waals surface area (Å²) in [5, 5.41) is 13.6. The molecule has 0 saturated heterocycles. The first-order chi connectivity index (χ1) is 7.63. The van der Waals surface area contributed by atoms with Gasteiger partial charge in [0.05, 0.1) is 16.8 Å². The van der Waals surface area contributed by atoms with Crippen molar-refractivity contribution in [2.75, 3.05) is 6.54 Å². The molecule has 1 aromatic heterocycles.